The lowest BCUT2D eigenvalue weighted by molar-refractivity contribution is -0.274. The second-order valence-electron chi connectivity index (χ2n) is 7.82. The van der Waals surface area contributed by atoms with Gasteiger partial charge in [-0.15, -0.1) is 13.2 Å². The molecule has 2 unspecified atom stereocenters. The number of ether oxygens (including phenoxy) is 1. The first-order valence-corrected chi connectivity index (χ1v) is 10.7. The Morgan fingerprint density at radius 2 is 2.03 bits per heavy atom. The van der Waals surface area contributed by atoms with Crippen LogP contribution in [0.25, 0.3) is 0 Å². The number of anilines is 1. The van der Waals surface area contributed by atoms with Gasteiger partial charge in [0.2, 0.25) is 0 Å². The quantitative estimate of drug-likeness (QED) is 0.199. The van der Waals surface area contributed by atoms with E-state index < -0.39 is 12.7 Å². The number of ketones is 1. The highest BCUT2D eigenvalue weighted by Gasteiger charge is 2.31. The van der Waals surface area contributed by atoms with Crippen LogP contribution in [0, 0.1) is 5.92 Å². The van der Waals surface area contributed by atoms with E-state index in [0.717, 1.165) is 0 Å². The first-order valence-electron chi connectivity index (χ1n) is 10.7. The average Bonchev–Trinajstić information content (AvgIpc) is 3.25. The number of pyridine rings is 1. The van der Waals surface area contributed by atoms with Crippen LogP contribution in [-0.4, -0.2) is 39.7 Å². The van der Waals surface area contributed by atoms with Crippen molar-refractivity contribution in [3.63, 3.8) is 0 Å². The topological polar surface area (TPSA) is 76.4 Å². The normalized spacial score (nSPS) is 13.0. The van der Waals surface area contributed by atoms with Gasteiger partial charge in [-0.3, -0.25) is 9.78 Å². The second kappa shape index (κ2) is 12.3. The van der Waals surface area contributed by atoms with E-state index in [-0.39, 0.29) is 55.7 Å². The molecule has 3 aromatic rings. The molecule has 0 bridgehead atoms. The lowest BCUT2D eigenvalue weighted by Gasteiger charge is -2.18. The zero-order valence-corrected chi connectivity index (χ0v) is 18.4. The largest absolute Gasteiger partial charge is 0.573 e. The minimum Gasteiger partial charge on any atom is -0.406 e. The highest BCUT2D eigenvalue weighted by atomic mass is 19.4. The van der Waals surface area contributed by atoms with Crippen molar-refractivity contribution in [2.45, 2.75) is 46.4 Å². The summed E-state index contributed by atoms with van der Waals surface area (Å²) in [5.74, 6) is -0.908. The molecule has 0 aliphatic carbocycles. The number of hydrogen-bond donors (Lipinski definition) is 2. The molecule has 0 aliphatic heterocycles. The van der Waals surface area contributed by atoms with E-state index in [1.54, 1.807) is 29.1 Å². The summed E-state index contributed by atoms with van der Waals surface area (Å²) in [5, 5.41) is 12.0. The molecule has 0 saturated carbocycles. The van der Waals surface area contributed by atoms with E-state index in [2.05, 4.69) is 15.0 Å². The molecule has 35 heavy (non-hydrogen) atoms. The standard InChI is InChI=1S/C24H25F4N3O3.CH4/c1-2-16(15-32)11-22(25)30-21-6-8-29-12-20(21)23(33)18-7-9-31(14-18)13-17-4-3-5-19(10-17)34-24(26,27)28;/h3-10,12,14,16,22,32H,2,11,13,15H2,1H3,(H,29,30);1H4. The number of aliphatic hydroxyl groups excluding tert-OH is 1. The van der Waals surface area contributed by atoms with Crippen LogP contribution in [0.4, 0.5) is 23.2 Å². The van der Waals surface area contributed by atoms with Crippen LogP contribution in [0.3, 0.4) is 0 Å². The number of carbonyl (C=O) groups excluding carboxylic acids is 1. The Balaban J connectivity index is 0.00000432. The zero-order valence-electron chi connectivity index (χ0n) is 18.4. The number of benzene rings is 1. The summed E-state index contributed by atoms with van der Waals surface area (Å²) >= 11 is 0. The van der Waals surface area contributed by atoms with E-state index in [4.69, 9.17) is 0 Å². The van der Waals surface area contributed by atoms with E-state index in [1.807, 2.05) is 6.92 Å². The van der Waals surface area contributed by atoms with Crippen molar-refractivity contribution in [3.05, 3.63) is 77.9 Å². The maximum absolute atomic E-state index is 14.5. The average molecular weight is 496 g/mol. The Kier molecular flexibility index (Phi) is 9.82. The minimum atomic E-state index is -4.78. The summed E-state index contributed by atoms with van der Waals surface area (Å²) in [5.41, 5.74) is 1.33. The fraction of sp³-hybridized carbons (Fsp3) is 0.360. The van der Waals surface area contributed by atoms with Crippen molar-refractivity contribution in [2.24, 2.45) is 5.92 Å². The van der Waals surface area contributed by atoms with Gasteiger partial charge in [-0.25, -0.2) is 4.39 Å². The van der Waals surface area contributed by atoms with Gasteiger partial charge in [0, 0.05) is 49.9 Å². The Labute approximate surface area is 201 Å². The van der Waals surface area contributed by atoms with Gasteiger partial charge >= 0.3 is 6.36 Å². The lowest BCUT2D eigenvalue weighted by Crippen LogP contribution is -2.21. The molecule has 2 atom stereocenters. The number of aliphatic hydroxyl groups is 1. The molecule has 0 radical (unpaired) electrons. The Morgan fingerprint density at radius 1 is 1.26 bits per heavy atom. The highest BCUT2D eigenvalue weighted by molar-refractivity contribution is 6.12. The van der Waals surface area contributed by atoms with Crippen molar-refractivity contribution in [1.82, 2.24) is 9.55 Å². The van der Waals surface area contributed by atoms with Crippen LogP contribution >= 0.6 is 0 Å². The number of nitrogens with zero attached hydrogens (tertiary/aromatic N) is 2. The van der Waals surface area contributed by atoms with Crippen molar-refractivity contribution >= 4 is 11.5 Å². The molecule has 2 N–H and O–H groups in total. The smallest absolute Gasteiger partial charge is 0.406 e. The molecule has 1 aromatic carbocycles. The minimum absolute atomic E-state index is 0. The van der Waals surface area contributed by atoms with Gasteiger partial charge in [-0.05, 0) is 35.7 Å². The van der Waals surface area contributed by atoms with E-state index in [1.165, 1.54) is 36.7 Å². The highest BCUT2D eigenvalue weighted by Crippen LogP contribution is 2.25. The van der Waals surface area contributed by atoms with Crippen LogP contribution in [0.15, 0.2) is 61.2 Å². The van der Waals surface area contributed by atoms with Crippen LogP contribution in [0.1, 0.15) is 48.7 Å². The molecule has 190 valence electrons. The van der Waals surface area contributed by atoms with Crippen LogP contribution in [0.2, 0.25) is 0 Å². The number of nitrogens with one attached hydrogen (secondary N) is 1. The summed E-state index contributed by atoms with van der Waals surface area (Å²) < 4.78 is 57.5. The molecular weight excluding hydrogens is 466 g/mol. The summed E-state index contributed by atoms with van der Waals surface area (Å²) in [6, 6.07) is 8.65. The van der Waals surface area contributed by atoms with Crippen LogP contribution in [0.5, 0.6) is 5.75 Å². The predicted molar refractivity (Wildman–Crippen MR) is 125 cm³/mol. The van der Waals surface area contributed by atoms with E-state index in [0.29, 0.717) is 17.5 Å². The summed E-state index contributed by atoms with van der Waals surface area (Å²) in [4.78, 5) is 17.0. The molecular formula is C25H29F4N3O3. The van der Waals surface area contributed by atoms with Gasteiger partial charge in [0.25, 0.3) is 0 Å². The molecule has 0 fully saturated rings. The zero-order chi connectivity index (χ0) is 24.7. The monoisotopic (exact) mass is 495 g/mol. The maximum atomic E-state index is 14.5. The van der Waals surface area contributed by atoms with Crippen LogP contribution in [-0.2, 0) is 6.54 Å². The Morgan fingerprint density at radius 3 is 2.71 bits per heavy atom. The number of alkyl halides is 4. The third kappa shape index (κ3) is 8.10. The number of rotatable bonds is 11. The van der Waals surface area contributed by atoms with Crippen LogP contribution < -0.4 is 10.1 Å². The van der Waals surface area contributed by atoms with Gasteiger partial charge in [0.1, 0.15) is 5.75 Å². The molecule has 0 aliphatic rings. The van der Waals surface area contributed by atoms with Gasteiger partial charge < -0.3 is 19.7 Å². The summed E-state index contributed by atoms with van der Waals surface area (Å²) in [6.45, 7) is 1.95. The van der Waals surface area contributed by atoms with Crippen molar-refractivity contribution in [2.75, 3.05) is 11.9 Å². The van der Waals surface area contributed by atoms with Gasteiger partial charge in [-0.1, -0.05) is 32.9 Å². The molecule has 2 aromatic heterocycles. The lowest BCUT2D eigenvalue weighted by atomic mass is 10.0. The molecule has 0 saturated heterocycles. The third-order valence-electron chi connectivity index (χ3n) is 5.26. The number of hydrogen-bond acceptors (Lipinski definition) is 5. The molecule has 0 amide bonds. The van der Waals surface area contributed by atoms with Crippen molar-refractivity contribution in [1.29, 1.82) is 0 Å². The SMILES string of the molecule is C.CCC(CO)CC(F)Nc1ccncc1C(=O)c1ccn(Cc2cccc(OC(F)(F)F)c2)c1. The van der Waals surface area contributed by atoms with E-state index in [9.17, 15) is 27.5 Å². The summed E-state index contributed by atoms with van der Waals surface area (Å²) in [7, 11) is 0. The number of aromatic nitrogens is 2. The fourth-order valence-corrected chi connectivity index (χ4v) is 3.47. The third-order valence-corrected chi connectivity index (χ3v) is 5.26. The molecule has 10 heteroatoms. The van der Waals surface area contributed by atoms with Gasteiger partial charge in [0.15, 0.2) is 12.1 Å². The number of carbonyl (C=O) groups is 1. The molecule has 6 nitrogen and oxygen atoms in total. The second-order valence-corrected chi connectivity index (χ2v) is 7.82. The van der Waals surface area contributed by atoms with Gasteiger partial charge in [-0.2, -0.15) is 0 Å². The fourth-order valence-electron chi connectivity index (χ4n) is 3.47. The summed E-state index contributed by atoms with van der Waals surface area (Å²) in [6.07, 6.45) is 0.445. The maximum Gasteiger partial charge on any atom is 0.573 e. The first kappa shape index (κ1) is 27.8. The van der Waals surface area contributed by atoms with Gasteiger partial charge in [0.05, 0.1) is 11.3 Å². The molecule has 0 spiro atoms. The Bertz CT molecular complexity index is 1100. The molecule has 3 rings (SSSR count). The van der Waals surface area contributed by atoms with Crippen molar-refractivity contribution in [3.8, 4) is 5.75 Å². The van der Waals surface area contributed by atoms with Crippen molar-refractivity contribution < 1.29 is 32.2 Å². The van der Waals surface area contributed by atoms with E-state index >= 15 is 0 Å². The first-order chi connectivity index (χ1) is 16.2. The predicted octanol–water partition coefficient (Wildman–Crippen LogP) is 5.81. The number of halogens is 4. The molecule has 2 heterocycles. The Hall–Kier alpha value is -3.40.